The Morgan fingerprint density at radius 2 is 1.93 bits per heavy atom. The fraction of sp³-hybridized carbons (Fsp3) is 0.158. The third-order valence-corrected chi connectivity index (χ3v) is 4.00. The van der Waals surface area contributed by atoms with Gasteiger partial charge in [-0.15, -0.1) is 10.2 Å². The molecule has 2 aromatic carbocycles. The number of hydrogen-bond acceptors (Lipinski definition) is 5. The van der Waals surface area contributed by atoms with Crippen LogP contribution in [0.25, 0.3) is 11.4 Å². The SMILES string of the molecule is O=C(O)CCc1nnc(-c2ccc(OCc3cccc(Cl)c3)cc2)[nH]c1=O. The number of rotatable bonds is 7. The van der Waals surface area contributed by atoms with Gasteiger partial charge in [-0.05, 0) is 42.0 Å². The first-order chi connectivity index (χ1) is 13.0. The molecule has 0 aliphatic rings. The number of benzene rings is 2. The molecule has 0 saturated heterocycles. The molecule has 0 atom stereocenters. The molecule has 138 valence electrons. The van der Waals surface area contributed by atoms with Crippen molar-refractivity contribution in [2.75, 3.05) is 0 Å². The third kappa shape index (κ3) is 5.15. The van der Waals surface area contributed by atoms with Crippen LogP contribution in [0.1, 0.15) is 17.7 Å². The molecule has 3 aromatic rings. The van der Waals surface area contributed by atoms with Crippen molar-refractivity contribution in [1.29, 1.82) is 0 Å². The normalized spacial score (nSPS) is 10.6. The molecule has 0 spiro atoms. The molecule has 0 aliphatic heterocycles. The van der Waals surface area contributed by atoms with Crippen molar-refractivity contribution in [1.82, 2.24) is 15.2 Å². The fourth-order valence-corrected chi connectivity index (χ4v) is 2.59. The van der Waals surface area contributed by atoms with E-state index in [0.29, 0.717) is 28.8 Å². The maximum Gasteiger partial charge on any atom is 0.303 e. The number of carbonyl (C=O) groups is 1. The molecule has 0 bridgehead atoms. The number of hydrogen-bond donors (Lipinski definition) is 2. The van der Waals surface area contributed by atoms with Gasteiger partial charge in [0.05, 0.1) is 6.42 Å². The van der Waals surface area contributed by atoms with E-state index in [-0.39, 0.29) is 18.5 Å². The van der Waals surface area contributed by atoms with Crippen LogP contribution in [0.2, 0.25) is 5.02 Å². The number of nitrogens with one attached hydrogen (secondary N) is 1. The molecule has 27 heavy (non-hydrogen) atoms. The van der Waals surface area contributed by atoms with Gasteiger partial charge in [-0.25, -0.2) is 0 Å². The van der Waals surface area contributed by atoms with Gasteiger partial charge < -0.3 is 14.8 Å². The van der Waals surface area contributed by atoms with Gasteiger partial charge in [0.15, 0.2) is 5.82 Å². The van der Waals surface area contributed by atoms with E-state index >= 15 is 0 Å². The highest BCUT2D eigenvalue weighted by Gasteiger charge is 2.09. The lowest BCUT2D eigenvalue weighted by Crippen LogP contribution is -2.18. The van der Waals surface area contributed by atoms with Crippen LogP contribution in [0.4, 0.5) is 0 Å². The van der Waals surface area contributed by atoms with E-state index in [4.69, 9.17) is 21.4 Å². The molecular formula is C19H16ClN3O4. The summed E-state index contributed by atoms with van der Waals surface area (Å²) in [4.78, 5) is 25.2. The van der Waals surface area contributed by atoms with Crippen molar-refractivity contribution in [2.45, 2.75) is 19.4 Å². The number of aryl methyl sites for hydroxylation is 1. The van der Waals surface area contributed by atoms with Gasteiger partial charge in [0, 0.05) is 17.0 Å². The second-order valence-corrected chi connectivity index (χ2v) is 6.22. The van der Waals surface area contributed by atoms with Crippen molar-refractivity contribution in [3.05, 3.63) is 75.2 Å². The van der Waals surface area contributed by atoms with E-state index < -0.39 is 11.5 Å². The van der Waals surface area contributed by atoms with Gasteiger partial charge in [0.1, 0.15) is 18.1 Å². The van der Waals surface area contributed by atoms with Crippen LogP contribution in [-0.2, 0) is 17.8 Å². The monoisotopic (exact) mass is 385 g/mol. The summed E-state index contributed by atoms with van der Waals surface area (Å²) in [5.41, 5.74) is 1.28. The third-order valence-electron chi connectivity index (χ3n) is 3.76. The number of carboxylic acid groups (broad SMARTS) is 1. The average molecular weight is 386 g/mol. The van der Waals surface area contributed by atoms with Gasteiger partial charge >= 0.3 is 5.97 Å². The highest BCUT2D eigenvalue weighted by Crippen LogP contribution is 2.20. The Morgan fingerprint density at radius 3 is 2.59 bits per heavy atom. The van der Waals surface area contributed by atoms with E-state index in [0.717, 1.165) is 5.56 Å². The van der Waals surface area contributed by atoms with E-state index in [1.165, 1.54) is 0 Å². The molecule has 1 aromatic heterocycles. The molecule has 7 nitrogen and oxygen atoms in total. The van der Waals surface area contributed by atoms with Gasteiger partial charge in [-0.2, -0.15) is 0 Å². The first-order valence-electron chi connectivity index (χ1n) is 8.16. The minimum absolute atomic E-state index is 0.0359. The summed E-state index contributed by atoms with van der Waals surface area (Å²) < 4.78 is 5.71. The second kappa shape index (κ2) is 8.46. The van der Waals surface area contributed by atoms with Crippen molar-refractivity contribution in [3.8, 4) is 17.1 Å². The zero-order valence-electron chi connectivity index (χ0n) is 14.2. The lowest BCUT2D eigenvalue weighted by molar-refractivity contribution is -0.136. The maximum absolute atomic E-state index is 12.0. The van der Waals surface area contributed by atoms with Gasteiger partial charge in [-0.1, -0.05) is 23.7 Å². The van der Waals surface area contributed by atoms with Gasteiger partial charge in [0.25, 0.3) is 5.56 Å². The first kappa shape index (κ1) is 18.6. The zero-order chi connectivity index (χ0) is 19.2. The van der Waals surface area contributed by atoms with Crippen molar-refractivity contribution in [3.63, 3.8) is 0 Å². The van der Waals surface area contributed by atoms with Crippen LogP contribution in [0, 0.1) is 0 Å². The summed E-state index contributed by atoms with van der Waals surface area (Å²) >= 11 is 5.95. The molecule has 0 unspecified atom stereocenters. The molecule has 0 aliphatic carbocycles. The Morgan fingerprint density at radius 1 is 1.15 bits per heavy atom. The Balaban J connectivity index is 1.67. The zero-order valence-corrected chi connectivity index (χ0v) is 14.9. The number of carboxylic acids is 1. The average Bonchev–Trinajstić information content (AvgIpc) is 2.66. The predicted molar refractivity (Wildman–Crippen MR) is 99.8 cm³/mol. The number of ether oxygens (including phenoxy) is 1. The first-order valence-corrected chi connectivity index (χ1v) is 8.54. The van der Waals surface area contributed by atoms with E-state index in [9.17, 15) is 9.59 Å². The quantitative estimate of drug-likeness (QED) is 0.647. The minimum Gasteiger partial charge on any atom is -0.489 e. The Hall–Kier alpha value is -3.19. The number of aliphatic carboxylic acids is 1. The molecule has 8 heteroatoms. The maximum atomic E-state index is 12.0. The number of H-pyrrole nitrogens is 1. The second-order valence-electron chi connectivity index (χ2n) is 5.79. The number of aromatic amines is 1. The summed E-state index contributed by atoms with van der Waals surface area (Å²) in [7, 11) is 0. The van der Waals surface area contributed by atoms with Crippen LogP contribution in [0.15, 0.2) is 53.3 Å². The van der Waals surface area contributed by atoms with Gasteiger partial charge in [-0.3, -0.25) is 9.59 Å². The lowest BCUT2D eigenvalue weighted by Gasteiger charge is -2.07. The van der Waals surface area contributed by atoms with Crippen molar-refractivity contribution in [2.24, 2.45) is 0 Å². The highest BCUT2D eigenvalue weighted by atomic mass is 35.5. The minimum atomic E-state index is -0.992. The van der Waals surface area contributed by atoms with E-state index in [1.807, 2.05) is 18.2 Å². The molecule has 0 fully saturated rings. The lowest BCUT2D eigenvalue weighted by atomic mass is 10.2. The Labute approximate surface area is 159 Å². The van der Waals surface area contributed by atoms with E-state index in [1.54, 1.807) is 30.3 Å². The van der Waals surface area contributed by atoms with Crippen LogP contribution in [0.5, 0.6) is 5.75 Å². The molecule has 0 amide bonds. The highest BCUT2D eigenvalue weighted by molar-refractivity contribution is 6.30. The smallest absolute Gasteiger partial charge is 0.303 e. The van der Waals surface area contributed by atoms with Crippen LogP contribution < -0.4 is 10.3 Å². The van der Waals surface area contributed by atoms with Crippen LogP contribution >= 0.6 is 11.6 Å². The van der Waals surface area contributed by atoms with E-state index in [2.05, 4.69) is 15.2 Å². The molecule has 1 heterocycles. The largest absolute Gasteiger partial charge is 0.489 e. The Kier molecular flexibility index (Phi) is 5.83. The van der Waals surface area contributed by atoms with Crippen LogP contribution in [-0.4, -0.2) is 26.3 Å². The topological polar surface area (TPSA) is 105 Å². The van der Waals surface area contributed by atoms with Crippen molar-refractivity contribution < 1.29 is 14.6 Å². The summed E-state index contributed by atoms with van der Waals surface area (Å²) in [6.45, 7) is 0.384. The summed E-state index contributed by atoms with van der Waals surface area (Å²) in [5, 5.41) is 17.1. The molecule has 0 saturated carbocycles. The van der Waals surface area contributed by atoms with Gasteiger partial charge in [0.2, 0.25) is 0 Å². The summed E-state index contributed by atoms with van der Waals surface area (Å²) in [5.74, 6) is -0.0267. The predicted octanol–water partition coefficient (Wildman–Crippen LogP) is 3.08. The standard InChI is InChI=1S/C19H16ClN3O4/c20-14-3-1-2-12(10-14)11-27-15-6-4-13(5-7-15)18-21-19(26)16(22-23-18)8-9-17(24)25/h1-7,10H,8-9,11H2,(H,24,25)(H,21,23,26). The molecule has 0 radical (unpaired) electrons. The molecular weight excluding hydrogens is 370 g/mol. The molecule has 2 N–H and O–H groups in total. The number of aromatic nitrogens is 3. The molecule has 3 rings (SSSR count). The van der Waals surface area contributed by atoms with Crippen molar-refractivity contribution >= 4 is 17.6 Å². The van der Waals surface area contributed by atoms with Crippen LogP contribution in [0.3, 0.4) is 0 Å². The summed E-state index contributed by atoms with van der Waals surface area (Å²) in [6.07, 6.45) is -0.135. The fourth-order valence-electron chi connectivity index (χ4n) is 2.38. The number of halogens is 1. The Bertz CT molecular complexity index is 1000. The summed E-state index contributed by atoms with van der Waals surface area (Å²) in [6, 6.07) is 14.5. The number of nitrogens with zero attached hydrogens (tertiary/aromatic N) is 2.